The largest absolute Gasteiger partial charge is 0.507 e. The number of rotatable bonds is 6. The Morgan fingerprint density at radius 1 is 0.929 bits per heavy atom. The first-order chi connectivity index (χ1) is 13.5. The quantitative estimate of drug-likeness (QED) is 0.636. The molecule has 0 fully saturated rings. The minimum atomic E-state index is -0.0386. The van der Waals surface area contributed by atoms with Crippen LogP contribution in [0.1, 0.15) is 32.9 Å². The third kappa shape index (κ3) is 4.29. The van der Waals surface area contributed by atoms with Gasteiger partial charge in [0.2, 0.25) is 0 Å². The predicted molar refractivity (Wildman–Crippen MR) is 109 cm³/mol. The summed E-state index contributed by atoms with van der Waals surface area (Å²) < 4.78 is 6.87. The van der Waals surface area contributed by atoms with Crippen LogP contribution >= 0.6 is 0 Å². The Kier molecular flexibility index (Phi) is 5.60. The lowest BCUT2D eigenvalue weighted by Gasteiger charge is -2.03. The van der Waals surface area contributed by atoms with Gasteiger partial charge in [0.15, 0.2) is 17.8 Å². The molecule has 6 heteroatoms. The summed E-state index contributed by atoms with van der Waals surface area (Å²) in [6, 6.07) is 11.9. The van der Waals surface area contributed by atoms with Crippen molar-refractivity contribution in [3.63, 3.8) is 0 Å². The van der Waals surface area contributed by atoms with Crippen molar-refractivity contribution in [3.8, 4) is 17.2 Å². The maximum Gasteiger partial charge on any atom is 0.161 e. The second-order valence-corrected chi connectivity index (χ2v) is 6.15. The van der Waals surface area contributed by atoms with Gasteiger partial charge in [-0.2, -0.15) is 5.10 Å². The second kappa shape index (κ2) is 8.26. The molecule has 0 aliphatic rings. The van der Waals surface area contributed by atoms with Crippen LogP contribution in [0.4, 0.5) is 0 Å². The van der Waals surface area contributed by atoms with Crippen LogP contribution in [0.2, 0.25) is 0 Å². The van der Waals surface area contributed by atoms with Crippen LogP contribution in [0.15, 0.2) is 42.5 Å². The zero-order valence-corrected chi connectivity index (χ0v) is 15.5. The maximum absolute atomic E-state index is 10.9. The fourth-order valence-electron chi connectivity index (χ4n) is 2.67. The summed E-state index contributed by atoms with van der Waals surface area (Å²) in [5.41, 5.74) is 3.57. The lowest BCUT2D eigenvalue weighted by atomic mass is 10.1. The standard InChI is InChI=1S/C22H20N2O4/c1-24-19(8-4-16-6-10-21(27)22(12-16)28-2)13-18(23-24)7-3-15-5-9-20(26)17(11-15)14-25/h3-14,26-27H,1-2H3/b7-3+,8-4+. The summed E-state index contributed by atoms with van der Waals surface area (Å²) in [5.74, 6) is 0.474. The molecule has 1 heterocycles. The average Bonchev–Trinajstić information content (AvgIpc) is 3.06. The van der Waals surface area contributed by atoms with Gasteiger partial charge in [0.05, 0.1) is 24.1 Å². The number of carbonyl (C=O) groups excluding carboxylic acids is 1. The van der Waals surface area contributed by atoms with E-state index in [1.54, 1.807) is 35.0 Å². The molecule has 0 radical (unpaired) electrons. The number of aromatic nitrogens is 2. The number of hydrogen-bond acceptors (Lipinski definition) is 5. The third-order valence-corrected chi connectivity index (χ3v) is 4.21. The van der Waals surface area contributed by atoms with Crippen molar-refractivity contribution in [3.05, 3.63) is 70.5 Å². The van der Waals surface area contributed by atoms with Gasteiger partial charge in [0.25, 0.3) is 0 Å². The number of aromatic hydroxyl groups is 2. The molecule has 3 rings (SSSR count). The van der Waals surface area contributed by atoms with Gasteiger partial charge in [0.1, 0.15) is 5.75 Å². The zero-order chi connectivity index (χ0) is 20.1. The predicted octanol–water partition coefficient (Wildman–Crippen LogP) is 3.99. The van der Waals surface area contributed by atoms with Crippen molar-refractivity contribution in [2.24, 2.45) is 7.05 Å². The molecule has 0 bridgehead atoms. The van der Waals surface area contributed by atoms with E-state index in [0.29, 0.717) is 12.0 Å². The van der Waals surface area contributed by atoms with Gasteiger partial charge in [-0.1, -0.05) is 24.3 Å². The normalized spacial score (nSPS) is 11.4. The Hall–Kier alpha value is -3.80. The number of methoxy groups -OCH3 is 1. The van der Waals surface area contributed by atoms with E-state index in [1.165, 1.54) is 13.2 Å². The molecular weight excluding hydrogens is 356 g/mol. The number of aldehydes is 1. The van der Waals surface area contributed by atoms with Gasteiger partial charge in [-0.15, -0.1) is 0 Å². The highest BCUT2D eigenvalue weighted by atomic mass is 16.5. The van der Waals surface area contributed by atoms with E-state index in [1.807, 2.05) is 37.4 Å². The molecule has 0 aliphatic heterocycles. The van der Waals surface area contributed by atoms with E-state index in [2.05, 4.69) is 5.10 Å². The van der Waals surface area contributed by atoms with E-state index >= 15 is 0 Å². The molecule has 3 aromatic rings. The lowest BCUT2D eigenvalue weighted by molar-refractivity contribution is 0.112. The molecule has 2 N–H and O–H groups in total. The van der Waals surface area contributed by atoms with Crippen molar-refractivity contribution < 1.29 is 19.7 Å². The molecule has 28 heavy (non-hydrogen) atoms. The van der Waals surface area contributed by atoms with Crippen LogP contribution in [0.3, 0.4) is 0 Å². The van der Waals surface area contributed by atoms with Crippen LogP contribution in [0.5, 0.6) is 17.2 Å². The Morgan fingerprint density at radius 2 is 1.61 bits per heavy atom. The maximum atomic E-state index is 10.9. The highest BCUT2D eigenvalue weighted by Gasteiger charge is 2.03. The van der Waals surface area contributed by atoms with Crippen molar-refractivity contribution in [2.45, 2.75) is 0 Å². The molecule has 6 nitrogen and oxygen atoms in total. The first-order valence-electron chi connectivity index (χ1n) is 8.55. The summed E-state index contributed by atoms with van der Waals surface area (Å²) in [7, 11) is 3.36. The molecule has 0 saturated heterocycles. The van der Waals surface area contributed by atoms with Crippen LogP contribution in [-0.4, -0.2) is 33.4 Å². The first-order valence-corrected chi connectivity index (χ1v) is 8.55. The van der Waals surface area contributed by atoms with Crippen LogP contribution in [0, 0.1) is 0 Å². The van der Waals surface area contributed by atoms with Crippen molar-refractivity contribution in [1.82, 2.24) is 9.78 Å². The average molecular weight is 376 g/mol. The minimum Gasteiger partial charge on any atom is -0.507 e. The topological polar surface area (TPSA) is 84.6 Å². The summed E-state index contributed by atoms with van der Waals surface area (Å²) in [6.45, 7) is 0. The molecule has 0 saturated carbocycles. The van der Waals surface area contributed by atoms with E-state index in [9.17, 15) is 15.0 Å². The molecule has 2 aromatic carbocycles. The van der Waals surface area contributed by atoms with Gasteiger partial charge in [-0.25, -0.2) is 0 Å². The van der Waals surface area contributed by atoms with Crippen molar-refractivity contribution in [1.29, 1.82) is 0 Å². The van der Waals surface area contributed by atoms with Crippen molar-refractivity contribution >= 4 is 30.6 Å². The third-order valence-electron chi connectivity index (χ3n) is 4.21. The number of aryl methyl sites for hydroxylation is 1. The van der Waals surface area contributed by atoms with E-state index in [0.717, 1.165) is 22.5 Å². The smallest absolute Gasteiger partial charge is 0.161 e. The molecular formula is C22H20N2O4. The Bertz CT molecular complexity index is 1060. The van der Waals surface area contributed by atoms with E-state index in [4.69, 9.17) is 4.74 Å². The summed E-state index contributed by atoms with van der Waals surface area (Å²) in [6.07, 6.45) is 8.10. The Morgan fingerprint density at radius 3 is 2.32 bits per heavy atom. The second-order valence-electron chi connectivity index (χ2n) is 6.15. The highest BCUT2D eigenvalue weighted by Crippen LogP contribution is 2.27. The number of nitrogens with zero attached hydrogens (tertiary/aromatic N) is 2. The SMILES string of the molecule is COc1cc(/C=C/c2cc(/C=C/c3ccc(O)c(C=O)c3)nn2C)ccc1O. The van der Waals surface area contributed by atoms with Gasteiger partial charge in [0, 0.05) is 7.05 Å². The van der Waals surface area contributed by atoms with Crippen molar-refractivity contribution in [2.75, 3.05) is 7.11 Å². The number of carbonyl (C=O) groups is 1. The zero-order valence-electron chi connectivity index (χ0n) is 15.5. The fourth-order valence-corrected chi connectivity index (χ4v) is 2.67. The molecule has 0 aliphatic carbocycles. The molecule has 0 amide bonds. The van der Waals surface area contributed by atoms with Crippen LogP contribution in [-0.2, 0) is 7.05 Å². The molecule has 0 spiro atoms. The fraction of sp³-hybridized carbons (Fsp3) is 0.0909. The molecule has 0 atom stereocenters. The van der Waals surface area contributed by atoms with Gasteiger partial charge in [-0.3, -0.25) is 9.48 Å². The van der Waals surface area contributed by atoms with E-state index < -0.39 is 0 Å². The summed E-state index contributed by atoms with van der Waals surface area (Å²) in [4.78, 5) is 10.9. The highest BCUT2D eigenvalue weighted by molar-refractivity contribution is 5.82. The summed E-state index contributed by atoms with van der Waals surface area (Å²) in [5, 5.41) is 23.7. The lowest BCUT2D eigenvalue weighted by Crippen LogP contribution is -1.92. The Balaban J connectivity index is 1.78. The monoisotopic (exact) mass is 376 g/mol. The molecule has 142 valence electrons. The number of benzene rings is 2. The Labute approximate surface area is 162 Å². The van der Waals surface area contributed by atoms with Gasteiger partial charge < -0.3 is 14.9 Å². The number of phenols is 2. The van der Waals surface area contributed by atoms with E-state index in [-0.39, 0.29) is 17.1 Å². The van der Waals surface area contributed by atoms with Crippen LogP contribution < -0.4 is 4.74 Å². The van der Waals surface area contributed by atoms with Gasteiger partial charge >= 0.3 is 0 Å². The van der Waals surface area contributed by atoms with Crippen LogP contribution in [0.25, 0.3) is 24.3 Å². The first kappa shape index (κ1) is 19.0. The number of ether oxygens (including phenoxy) is 1. The number of phenolic OH excluding ortho intramolecular Hbond substituents is 2. The summed E-state index contributed by atoms with van der Waals surface area (Å²) >= 11 is 0. The minimum absolute atomic E-state index is 0.0386. The molecule has 1 aromatic heterocycles. The van der Waals surface area contributed by atoms with Gasteiger partial charge in [-0.05, 0) is 53.6 Å². The number of hydrogen-bond donors (Lipinski definition) is 2. The molecule has 0 unspecified atom stereocenters.